The van der Waals surface area contributed by atoms with Gasteiger partial charge in [0.05, 0.1) is 23.8 Å². The second kappa shape index (κ2) is 5.21. The number of hydrogen-bond donors (Lipinski definition) is 1. The maximum Gasteiger partial charge on any atom is 0.164 e. The van der Waals surface area contributed by atoms with Gasteiger partial charge in [-0.1, -0.05) is 6.92 Å². The van der Waals surface area contributed by atoms with Crippen LogP contribution in [0.15, 0.2) is 6.33 Å². The maximum absolute atomic E-state index is 6.11. The fourth-order valence-electron chi connectivity index (χ4n) is 2.86. The van der Waals surface area contributed by atoms with E-state index in [-0.39, 0.29) is 17.2 Å². The zero-order valence-corrected chi connectivity index (χ0v) is 12.7. The molecule has 2 rings (SSSR count). The van der Waals surface area contributed by atoms with Crippen LogP contribution in [0, 0.1) is 0 Å². The molecule has 1 aliphatic rings. The van der Waals surface area contributed by atoms with E-state index in [4.69, 9.17) is 4.74 Å². The van der Waals surface area contributed by atoms with Gasteiger partial charge in [-0.3, -0.25) is 0 Å². The molecule has 1 atom stereocenters. The van der Waals surface area contributed by atoms with Gasteiger partial charge in [-0.05, 0) is 40.7 Å². The first-order valence-electron chi connectivity index (χ1n) is 7.15. The summed E-state index contributed by atoms with van der Waals surface area (Å²) in [6, 6.07) is 0.245. The Morgan fingerprint density at radius 2 is 2.16 bits per heavy atom. The lowest BCUT2D eigenvalue weighted by Gasteiger charge is -2.26. The Balaban J connectivity index is 2.06. The zero-order chi connectivity index (χ0) is 14.1. The Morgan fingerprint density at radius 3 is 2.74 bits per heavy atom. The molecule has 19 heavy (non-hydrogen) atoms. The molecule has 1 aliphatic heterocycles. The monoisotopic (exact) mass is 266 g/mol. The molecule has 1 aromatic rings. The first kappa shape index (κ1) is 14.5. The van der Waals surface area contributed by atoms with Crippen molar-refractivity contribution in [2.45, 2.75) is 71.2 Å². The minimum atomic E-state index is -0.203. The molecule has 0 spiro atoms. The van der Waals surface area contributed by atoms with Crippen LogP contribution in [0.3, 0.4) is 0 Å². The minimum Gasteiger partial charge on any atom is -0.367 e. The summed E-state index contributed by atoms with van der Waals surface area (Å²) in [6.45, 7) is 12.4. The number of nitrogens with one attached hydrogen (secondary N) is 1. The highest BCUT2D eigenvalue weighted by Crippen LogP contribution is 2.44. The Bertz CT molecular complexity index is 425. The van der Waals surface area contributed by atoms with E-state index in [1.165, 1.54) is 0 Å². The summed E-state index contributed by atoms with van der Waals surface area (Å²) in [5.74, 6) is 0.856. The largest absolute Gasteiger partial charge is 0.367 e. The summed E-state index contributed by atoms with van der Waals surface area (Å²) in [6.07, 6.45) is 3.92. The van der Waals surface area contributed by atoms with Gasteiger partial charge in [0.15, 0.2) is 5.82 Å². The van der Waals surface area contributed by atoms with Crippen LogP contribution in [0.1, 0.15) is 59.3 Å². The van der Waals surface area contributed by atoms with Gasteiger partial charge in [0.1, 0.15) is 6.33 Å². The molecule has 0 aromatic carbocycles. The van der Waals surface area contributed by atoms with Gasteiger partial charge >= 0.3 is 0 Å². The molecule has 0 amide bonds. The lowest BCUT2D eigenvalue weighted by atomic mass is 9.95. The van der Waals surface area contributed by atoms with Crippen molar-refractivity contribution in [3.05, 3.63) is 12.2 Å². The summed E-state index contributed by atoms with van der Waals surface area (Å²) >= 11 is 0. The summed E-state index contributed by atoms with van der Waals surface area (Å²) in [4.78, 5) is 4.38. The maximum atomic E-state index is 6.11. The molecule has 0 radical (unpaired) electrons. The summed E-state index contributed by atoms with van der Waals surface area (Å²) in [5, 5.41) is 7.91. The third kappa shape index (κ3) is 3.34. The van der Waals surface area contributed by atoms with Gasteiger partial charge in [0.25, 0.3) is 0 Å². The van der Waals surface area contributed by atoms with Gasteiger partial charge in [-0.15, -0.1) is 0 Å². The van der Waals surface area contributed by atoms with Gasteiger partial charge in [-0.25, -0.2) is 9.67 Å². The van der Waals surface area contributed by atoms with Gasteiger partial charge in [0.2, 0.25) is 0 Å². The summed E-state index contributed by atoms with van der Waals surface area (Å²) in [5.41, 5.74) is -0.300. The SMILES string of the molecule is CCCNCc1ncn(C2CC(C)(C)OC2(C)C)n1. The second-order valence-electron chi connectivity index (χ2n) is 6.50. The number of nitrogens with zero attached hydrogens (tertiary/aromatic N) is 3. The van der Waals surface area contributed by atoms with E-state index in [1.807, 2.05) is 11.0 Å². The lowest BCUT2D eigenvalue weighted by molar-refractivity contribution is -0.0737. The highest BCUT2D eigenvalue weighted by molar-refractivity contribution is 4.98. The third-order valence-electron chi connectivity index (χ3n) is 3.61. The smallest absolute Gasteiger partial charge is 0.164 e. The van der Waals surface area contributed by atoms with Crippen LogP contribution in [0.5, 0.6) is 0 Å². The van der Waals surface area contributed by atoms with E-state index < -0.39 is 0 Å². The minimum absolute atomic E-state index is 0.0965. The number of aromatic nitrogens is 3. The molecule has 5 heteroatoms. The predicted octanol–water partition coefficient (Wildman–Crippen LogP) is 2.30. The topological polar surface area (TPSA) is 52.0 Å². The van der Waals surface area contributed by atoms with Crippen LogP contribution in [-0.2, 0) is 11.3 Å². The summed E-state index contributed by atoms with van der Waals surface area (Å²) in [7, 11) is 0. The summed E-state index contributed by atoms with van der Waals surface area (Å²) < 4.78 is 8.08. The zero-order valence-electron chi connectivity index (χ0n) is 12.7. The molecule has 1 N–H and O–H groups in total. The average molecular weight is 266 g/mol. The molecule has 2 heterocycles. The van der Waals surface area contributed by atoms with E-state index >= 15 is 0 Å². The highest BCUT2D eigenvalue weighted by Gasteiger charge is 2.47. The molecule has 1 aromatic heterocycles. The molecular formula is C14H26N4O. The molecule has 0 aliphatic carbocycles. The first-order chi connectivity index (χ1) is 8.84. The molecule has 0 saturated carbocycles. The van der Waals surface area contributed by atoms with Crippen molar-refractivity contribution in [3.63, 3.8) is 0 Å². The molecular weight excluding hydrogens is 240 g/mol. The Kier molecular flexibility index (Phi) is 3.97. The van der Waals surface area contributed by atoms with Crippen LogP contribution in [0.4, 0.5) is 0 Å². The standard InChI is InChI=1S/C14H26N4O/c1-6-7-15-9-12-16-10-18(17-12)11-8-13(2,3)19-14(11,4)5/h10-11,15H,6-9H2,1-5H3. The first-order valence-corrected chi connectivity index (χ1v) is 7.15. The van der Waals surface area contributed by atoms with Crippen molar-refractivity contribution < 1.29 is 4.74 Å². The van der Waals surface area contributed by atoms with Crippen molar-refractivity contribution in [2.24, 2.45) is 0 Å². The molecule has 108 valence electrons. The quantitative estimate of drug-likeness (QED) is 0.831. The Morgan fingerprint density at radius 1 is 1.42 bits per heavy atom. The third-order valence-corrected chi connectivity index (χ3v) is 3.61. The second-order valence-corrected chi connectivity index (χ2v) is 6.50. The highest BCUT2D eigenvalue weighted by atomic mass is 16.5. The van der Waals surface area contributed by atoms with Crippen LogP contribution < -0.4 is 5.32 Å². The average Bonchev–Trinajstić information content (AvgIpc) is 2.80. The van der Waals surface area contributed by atoms with E-state index in [0.29, 0.717) is 0 Å². The van der Waals surface area contributed by atoms with Crippen molar-refractivity contribution in [1.29, 1.82) is 0 Å². The van der Waals surface area contributed by atoms with Crippen LogP contribution in [-0.4, -0.2) is 32.5 Å². The van der Waals surface area contributed by atoms with Crippen molar-refractivity contribution >= 4 is 0 Å². The van der Waals surface area contributed by atoms with Gasteiger partial charge in [-0.2, -0.15) is 5.10 Å². The Hall–Kier alpha value is -0.940. The fraction of sp³-hybridized carbons (Fsp3) is 0.857. The van der Waals surface area contributed by atoms with E-state index in [2.05, 4.69) is 50.0 Å². The normalized spacial score (nSPS) is 24.8. The van der Waals surface area contributed by atoms with Crippen molar-refractivity contribution in [1.82, 2.24) is 20.1 Å². The number of ether oxygens (including phenoxy) is 1. The molecule has 0 bridgehead atoms. The van der Waals surface area contributed by atoms with E-state index in [9.17, 15) is 0 Å². The van der Waals surface area contributed by atoms with E-state index in [0.717, 1.165) is 31.8 Å². The molecule has 1 fully saturated rings. The molecule has 1 saturated heterocycles. The van der Waals surface area contributed by atoms with Crippen molar-refractivity contribution in [2.75, 3.05) is 6.54 Å². The van der Waals surface area contributed by atoms with E-state index in [1.54, 1.807) is 0 Å². The van der Waals surface area contributed by atoms with Crippen LogP contribution >= 0.6 is 0 Å². The predicted molar refractivity (Wildman–Crippen MR) is 74.9 cm³/mol. The molecule has 5 nitrogen and oxygen atoms in total. The van der Waals surface area contributed by atoms with Crippen molar-refractivity contribution in [3.8, 4) is 0 Å². The van der Waals surface area contributed by atoms with Gasteiger partial charge in [0, 0.05) is 6.42 Å². The Labute approximate surface area is 115 Å². The van der Waals surface area contributed by atoms with Crippen LogP contribution in [0.25, 0.3) is 0 Å². The number of rotatable bonds is 5. The van der Waals surface area contributed by atoms with Crippen LogP contribution in [0.2, 0.25) is 0 Å². The number of hydrogen-bond acceptors (Lipinski definition) is 4. The molecule has 1 unspecified atom stereocenters. The fourth-order valence-corrected chi connectivity index (χ4v) is 2.86. The van der Waals surface area contributed by atoms with Gasteiger partial charge < -0.3 is 10.1 Å². The lowest BCUT2D eigenvalue weighted by Crippen LogP contribution is -2.31.